The number of aromatic nitrogens is 2. The molecule has 0 amide bonds. The molecule has 1 heterocycles. The van der Waals surface area contributed by atoms with Crippen LogP contribution in [0.1, 0.15) is 13.3 Å². The molecule has 0 radical (unpaired) electrons. The molecule has 0 aliphatic carbocycles. The second-order valence-electron chi connectivity index (χ2n) is 3.76. The molecule has 2 rings (SSSR count). The summed E-state index contributed by atoms with van der Waals surface area (Å²) in [6.07, 6.45) is 0.980. The van der Waals surface area contributed by atoms with Gasteiger partial charge in [-0.25, -0.2) is 0 Å². The third-order valence-corrected chi connectivity index (χ3v) is 3.32. The Kier molecular flexibility index (Phi) is 5.11. The van der Waals surface area contributed by atoms with Gasteiger partial charge in [-0.15, -0.1) is 10.2 Å². The minimum absolute atomic E-state index is 0.775. The van der Waals surface area contributed by atoms with Gasteiger partial charge in [0.25, 0.3) is 0 Å². The summed E-state index contributed by atoms with van der Waals surface area (Å²) in [5.74, 6) is 0. The molecule has 0 saturated heterocycles. The van der Waals surface area contributed by atoms with E-state index in [1.54, 1.807) is 11.3 Å². The number of nitrogens with zero attached hydrogens (tertiary/aromatic N) is 2. The largest absolute Gasteiger partial charge is 0.382 e. The van der Waals surface area contributed by atoms with Crippen LogP contribution in [0.3, 0.4) is 0 Å². The second kappa shape index (κ2) is 7.08. The molecule has 0 atom stereocenters. The van der Waals surface area contributed by atoms with E-state index >= 15 is 0 Å². The molecular formula is C13H17N3OS. The Morgan fingerprint density at radius 3 is 2.83 bits per heavy atom. The van der Waals surface area contributed by atoms with Crippen molar-refractivity contribution in [2.45, 2.75) is 13.3 Å². The Labute approximate surface area is 111 Å². The molecule has 1 aromatic heterocycles. The Bertz CT molecular complexity index is 458. The molecular weight excluding hydrogens is 246 g/mol. The van der Waals surface area contributed by atoms with E-state index in [1.807, 2.05) is 37.3 Å². The van der Waals surface area contributed by atoms with Crippen LogP contribution in [0.5, 0.6) is 0 Å². The number of rotatable bonds is 7. The highest BCUT2D eigenvalue weighted by atomic mass is 32.1. The maximum Gasteiger partial charge on any atom is 0.206 e. The van der Waals surface area contributed by atoms with Crippen molar-refractivity contribution >= 4 is 16.5 Å². The number of benzene rings is 1. The van der Waals surface area contributed by atoms with Crippen molar-refractivity contribution in [2.75, 3.05) is 25.1 Å². The zero-order chi connectivity index (χ0) is 12.6. The van der Waals surface area contributed by atoms with Crippen molar-refractivity contribution < 1.29 is 4.74 Å². The lowest BCUT2D eigenvalue weighted by Gasteiger charge is -2.01. The van der Waals surface area contributed by atoms with E-state index in [0.29, 0.717) is 0 Å². The number of hydrogen-bond donors (Lipinski definition) is 1. The quantitative estimate of drug-likeness (QED) is 0.780. The van der Waals surface area contributed by atoms with E-state index in [0.717, 1.165) is 41.9 Å². The summed E-state index contributed by atoms with van der Waals surface area (Å²) < 4.78 is 5.27. The minimum Gasteiger partial charge on any atom is -0.382 e. The van der Waals surface area contributed by atoms with Gasteiger partial charge in [-0.1, -0.05) is 41.7 Å². The lowest BCUT2D eigenvalue weighted by Crippen LogP contribution is -2.05. The van der Waals surface area contributed by atoms with E-state index in [2.05, 4.69) is 15.5 Å². The molecule has 0 saturated carbocycles. The summed E-state index contributed by atoms with van der Waals surface area (Å²) in [4.78, 5) is 0. The number of ether oxygens (including phenoxy) is 1. The second-order valence-corrected chi connectivity index (χ2v) is 4.73. The van der Waals surface area contributed by atoms with Crippen molar-refractivity contribution in [1.82, 2.24) is 10.2 Å². The highest BCUT2D eigenvalue weighted by Gasteiger charge is 2.05. The van der Waals surface area contributed by atoms with Crippen molar-refractivity contribution in [1.29, 1.82) is 0 Å². The van der Waals surface area contributed by atoms with E-state index in [9.17, 15) is 0 Å². The Hall–Kier alpha value is -1.46. The maximum atomic E-state index is 5.27. The lowest BCUT2D eigenvalue weighted by atomic mass is 10.2. The van der Waals surface area contributed by atoms with Crippen molar-refractivity contribution in [3.05, 3.63) is 30.3 Å². The van der Waals surface area contributed by atoms with Crippen molar-refractivity contribution in [3.8, 4) is 10.6 Å². The molecule has 2 aromatic rings. The Morgan fingerprint density at radius 1 is 1.22 bits per heavy atom. The SMILES string of the molecule is CCOCCCNc1nnc(-c2ccccc2)s1. The molecule has 0 bridgehead atoms. The Balaban J connectivity index is 1.83. The van der Waals surface area contributed by atoms with Gasteiger partial charge >= 0.3 is 0 Å². The van der Waals surface area contributed by atoms with Crippen LogP contribution in [0, 0.1) is 0 Å². The fourth-order valence-corrected chi connectivity index (χ4v) is 2.28. The standard InChI is InChI=1S/C13H17N3OS/c1-2-17-10-6-9-14-13-16-15-12(18-13)11-7-4-3-5-8-11/h3-5,7-8H,2,6,9-10H2,1H3,(H,14,16). The van der Waals surface area contributed by atoms with Crippen LogP contribution in [-0.4, -0.2) is 30.0 Å². The lowest BCUT2D eigenvalue weighted by molar-refractivity contribution is 0.147. The molecule has 0 aliphatic heterocycles. The zero-order valence-corrected chi connectivity index (χ0v) is 11.2. The van der Waals surface area contributed by atoms with E-state index in [1.165, 1.54) is 0 Å². The van der Waals surface area contributed by atoms with Crippen LogP contribution in [0.15, 0.2) is 30.3 Å². The zero-order valence-electron chi connectivity index (χ0n) is 10.4. The Morgan fingerprint density at radius 2 is 2.06 bits per heavy atom. The summed E-state index contributed by atoms with van der Waals surface area (Å²) in [6.45, 7) is 4.43. The topological polar surface area (TPSA) is 47.0 Å². The minimum atomic E-state index is 0.775. The van der Waals surface area contributed by atoms with Gasteiger partial charge in [0.2, 0.25) is 5.13 Å². The van der Waals surface area contributed by atoms with Gasteiger partial charge in [-0.2, -0.15) is 0 Å². The van der Waals surface area contributed by atoms with Crippen LogP contribution in [0.2, 0.25) is 0 Å². The number of hydrogen-bond acceptors (Lipinski definition) is 5. The molecule has 0 unspecified atom stereocenters. The highest BCUT2D eigenvalue weighted by Crippen LogP contribution is 2.25. The molecule has 5 heteroatoms. The molecule has 96 valence electrons. The first-order valence-electron chi connectivity index (χ1n) is 6.10. The summed E-state index contributed by atoms with van der Waals surface area (Å²) in [5.41, 5.74) is 1.11. The first kappa shape index (κ1) is 13.0. The molecule has 1 N–H and O–H groups in total. The third-order valence-electron chi connectivity index (χ3n) is 2.39. The van der Waals surface area contributed by atoms with Gasteiger partial charge in [-0.3, -0.25) is 0 Å². The first-order chi connectivity index (χ1) is 8.90. The van der Waals surface area contributed by atoms with E-state index < -0.39 is 0 Å². The van der Waals surface area contributed by atoms with Gasteiger partial charge in [0.1, 0.15) is 5.01 Å². The van der Waals surface area contributed by atoms with Gasteiger partial charge in [0.15, 0.2) is 0 Å². The van der Waals surface area contributed by atoms with Crippen LogP contribution in [0.25, 0.3) is 10.6 Å². The number of nitrogens with one attached hydrogen (secondary N) is 1. The number of anilines is 1. The monoisotopic (exact) mass is 263 g/mol. The summed E-state index contributed by atoms with van der Waals surface area (Å²) in [6, 6.07) is 10.1. The molecule has 4 nitrogen and oxygen atoms in total. The summed E-state index contributed by atoms with van der Waals surface area (Å²) >= 11 is 1.58. The molecule has 0 fully saturated rings. The third kappa shape index (κ3) is 3.78. The fourth-order valence-electron chi connectivity index (χ4n) is 1.51. The summed E-state index contributed by atoms with van der Waals surface area (Å²) in [7, 11) is 0. The van der Waals surface area contributed by atoms with Crippen molar-refractivity contribution in [3.63, 3.8) is 0 Å². The van der Waals surface area contributed by atoms with Crippen LogP contribution in [0.4, 0.5) is 5.13 Å². The molecule has 1 aromatic carbocycles. The normalized spacial score (nSPS) is 10.5. The summed E-state index contributed by atoms with van der Waals surface area (Å²) in [5, 5.41) is 13.4. The van der Waals surface area contributed by atoms with Gasteiger partial charge < -0.3 is 10.1 Å². The van der Waals surface area contributed by atoms with Crippen LogP contribution < -0.4 is 5.32 Å². The fraction of sp³-hybridized carbons (Fsp3) is 0.385. The smallest absolute Gasteiger partial charge is 0.206 e. The van der Waals surface area contributed by atoms with E-state index in [4.69, 9.17) is 4.74 Å². The highest BCUT2D eigenvalue weighted by molar-refractivity contribution is 7.18. The van der Waals surface area contributed by atoms with Gasteiger partial charge in [0, 0.05) is 25.3 Å². The maximum absolute atomic E-state index is 5.27. The average Bonchev–Trinajstić information content (AvgIpc) is 2.88. The molecule has 18 heavy (non-hydrogen) atoms. The van der Waals surface area contributed by atoms with Gasteiger partial charge in [-0.05, 0) is 13.3 Å². The molecule has 0 spiro atoms. The van der Waals surface area contributed by atoms with Crippen LogP contribution in [-0.2, 0) is 4.74 Å². The van der Waals surface area contributed by atoms with E-state index in [-0.39, 0.29) is 0 Å². The van der Waals surface area contributed by atoms with Crippen molar-refractivity contribution in [2.24, 2.45) is 0 Å². The average molecular weight is 263 g/mol. The predicted octanol–water partition coefficient (Wildman–Crippen LogP) is 3.04. The molecule has 0 aliphatic rings. The van der Waals surface area contributed by atoms with Gasteiger partial charge in [0.05, 0.1) is 0 Å². The van der Waals surface area contributed by atoms with Crippen LogP contribution >= 0.6 is 11.3 Å². The predicted molar refractivity (Wildman–Crippen MR) is 74.9 cm³/mol. The first-order valence-corrected chi connectivity index (χ1v) is 6.92.